The molecule has 1 amide bonds. The van der Waals surface area contributed by atoms with E-state index >= 15 is 0 Å². The molecule has 0 aromatic heterocycles. The van der Waals surface area contributed by atoms with Gasteiger partial charge in [0.05, 0.1) is 12.1 Å². The zero-order valence-electron chi connectivity index (χ0n) is 11.1. The second-order valence-corrected chi connectivity index (χ2v) is 5.24. The third kappa shape index (κ3) is 3.21. The lowest BCUT2D eigenvalue weighted by Crippen LogP contribution is -2.49. The van der Waals surface area contributed by atoms with Crippen molar-refractivity contribution in [3.63, 3.8) is 0 Å². The first-order valence-corrected chi connectivity index (χ1v) is 6.28. The lowest BCUT2D eigenvalue weighted by molar-refractivity contribution is -0.142. The van der Waals surface area contributed by atoms with Gasteiger partial charge in [-0.3, -0.25) is 4.79 Å². The zero-order valence-corrected chi connectivity index (χ0v) is 11.1. The molecule has 1 aliphatic rings. The van der Waals surface area contributed by atoms with Crippen LogP contribution in [0.25, 0.3) is 0 Å². The van der Waals surface area contributed by atoms with E-state index in [4.69, 9.17) is 10.5 Å². The predicted molar refractivity (Wildman–Crippen MR) is 67.2 cm³/mol. The maximum atomic E-state index is 12.4. The number of hydrogen-bond donors (Lipinski definition) is 1. The quantitative estimate of drug-likeness (QED) is 0.749. The molecule has 0 radical (unpaired) electrons. The van der Waals surface area contributed by atoms with Gasteiger partial charge in [0.15, 0.2) is 0 Å². The molecule has 1 saturated heterocycles. The highest BCUT2D eigenvalue weighted by Gasteiger charge is 2.39. The van der Waals surface area contributed by atoms with E-state index in [2.05, 4.69) is 5.32 Å². The van der Waals surface area contributed by atoms with Gasteiger partial charge in [-0.05, 0) is 31.8 Å². The van der Waals surface area contributed by atoms with Crippen LogP contribution in [-0.4, -0.2) is 37.0 Å². The fraction of sp³-hybridized carbons (Fsp3) is 0.769. The molecule has 1 N–H and O–H groups in total. The molecule has 1 heterocycles. The second kappa shape index (κ2) is 6.37. The molecule has 1 aliphatic heterocycles. The highest BCUT2D eigenvalue weighted by molar-refractivity contribution is 5.82. The average molecular weight is 248 g/mol. The van der Waals surface area contributed by atoms with Crippen molar-refractivity contribution in [3.05, 3.63) is 0 Å². The summed E-state index contributed by atoms with van der Waals surface area (Å²) in [5, 5.41) is 20.7. The molecule has 0 aromatic rings. The topological polar surface area (TPSA) is 79.9 Å². The van der Waals surface area contributed by atoms with E-state index in [1.165, 1.54) is 4.90 Å². The number of nitrogens with zero attached hydrogens (tertiary/aromatic N) is 3. The normalized spacial score (nSPS) is 19.7. The summed E-state index contributed by atoms with van der Waals surface area (Å²) < 4.78 is 0. The summed E-state index contributed by atoms with van der Waals surface area (Å²) in [7, 11) is 0. The van der Waals surface area contributed by atoms with Crippen molar-refractivity contribution in [1.82, 2.24) is 10.2 Å². The van der Waals surface area contributed by atoms with Crippen LogP contribution in [-0.2, 0) is 4.79 Å². The fourth-order valence-corrected chi connectivity index (χ4v) is 2.42. The monoisotopic (exact) mass is 248 g/mol. The van der Waals surface area contributed by atoms with Crippen LogP contribution in [0.4, 0.5) is 0 Å². The van der Waals surface area contributed by atoms with Crippen molar-refractivity contribution in [3.8, 4) is 12.1 Å². The first-order valence-electron chi connectivity index (χ1n) is 6.28. The zero-order chi connectivity index (χ0) is 13.6. The Balaban J connectivity index is 2.78. The highest BCUT2D eigenvalue weighted by atomic mass is 16.2. The number of hydrogen-bond acceptors (Lipinski definition) is 4. The number of carbonyl (C=O) groups excluding carboxylic acids is 1. The Hall–Kier alpha value is -1.59. The Morgan fingerprint density at radius 3 is 2.44 bits per heavy atom. The van der Waals surface area contributed by atoms with Gasteiger partial charge in [0.2, 0.25) is 5.91 Å². The summed E-state index contributed by atoms with van der Waals surface area (Å²) in [6.07, 6.45) is 2.08. The number of piperidine rings is 1. The molecule has 1 fully saturated rings. The van der Waals surface area contributed by atoms with Crippen LogP contribution in [0.5, 0.6) is 0 Å². The van der Waals surface area contributed by atoms with Crippen molar-refractivity contribution >= 4 is 5.91 Å². The lowest BCUT2D eigenvalue weighted by atomic mass is 9.74. The van der Waals surface area contributed by atoms with E-state index in [9.17, 15) is 4.79 Å². The highest BCUT2D eigenvalue weighted by Crippen LogP contribution is 2.33. The first-order chi connectivity index (χ1) is 8.54. The van der Waals surface area contributed by atoms with Gasteiger partial charge in [-0.1, -0.05) is 13.8 Å². The van der Waals surface area contributed by atoms with Gasteiger partial charge in [0.25, 0.3) is 0 Å². The molecular weight excluding hydrogens is 228 g/mol. The molecule has 1 rings (SSSR count). The first kappa shape index (κ1) is 14.5. The molecule has 5 heteroatoms. The van der Waals surface area contributed by atoms with Crippen molar-refractivity contribution in [2.24, 2.45) is 11.3 Å². The van der Waals surface area contributed by atoms with E-state index in [-0.39, 0.29) is 24.9 Å². The minimum absolute atomic E-state index is 0.0179. The minimum Gasteiger partial charge on any atom is -0.316 e. The maximum absolute atomic E-state index is 12.4. The van der Waals surface area contributed by atoms with Gasteiger partial charge in [-0.25, -0.2) is 0 Å². The van der Waals surface area contributed by atoms with Gasteiger partial charge in [-0.2, -0.15) is 10.5 Å². The predicted octanol–water partition coefficient (Wildman–Crippen LogP) is 0.888. The van der Waals surface area contributed by atoms with E-state index in [1.54, 1.807) is 0 Å². The van der Waals surface area contributed by atoms with Gasteiger partial charge in [0, 0.05) is 5.41 Å². The largest absolute Gasteiger partial charge is 0.316 e. The Morgan fingerprint density at radius 1 is 1.39 bits per heavy atom. The molecule has 98 valence electrons. The number of rotatable bonds is 4. The second-order valence-electron chi connectivity index (χ2n) is 5.24. The summed E-state index contributed by atoms with van der Waals surface area (Å²) in [4.78, 5) is 13.8. The summed E-state index contributed by atoms with van der Waals surface area (Å²) in [6, 6.07) is 3.89. The van der Waals surface area contributed by atoms with E-state index in [1.807, 2.05) is 26.0 Å². The molecule has 0 aromatic carbocycles. The summed E-state index contributed by atoms with van der Waals surface area (Å²) in [5.74, 6) is 0.165. The van der Waals surface area contributed by atoms with Crippen molar-refractivity contribution < 1.29 is 4.79 Å². The summed E-state index contributed by atoms with van der Waals surface area (Å²) >= 11 is 0. The number of nitrogens with one attached hydrogen (secondary N) is 1. The van der Waals surface area contributed by atoms with Gasteiger partial charge in [0.1, 0.15) is 13.1 Å². The van der Waals surface area contributed by atoms with Crippen molar-refractivity contribution in [1.29, 1.82) is 10.5 Å². The SMILES string of the molecule is CC(C)(C(=O)N(CC#N)CC#N)C1CCCNC1. The van der Waals surface area contributed by atoms with E-state index in [0.717, 1.165) is 25.9 Å². The summed E-state index contributed by atoms with van der Waals surface area (Å²) in [5.41, 5.74) is -0.527. The van der Waals surface area contributed by atoms with Crippen LogP contribution in [0.2, 0.25) is 0 Å². The summed E-state index contributed by atoms with van der Waals surface area (Å²) in [6.45, 7) is 5.61. The molecule has 18 heavy (non-hydrogen) atoms. The van der Waals surface area contributed by atoms with Crippen LogP contribution >= 0.6 is 0 Å². The minimum atomic E-state index is -0.527. The standard InChI is InChI=1S/C13H20N4O/c1-13(2,11-4-3-7-16-10-11)12(18)17(8-5-14)9-6-15/h11,16H,3-4,7-10H2,1-2H3. The number of amides is 1. The molecule has 1 unspecified atom stereocenters. The van der Waals surface area contributed by atoms with Crippen LogP contribution in [0, 0.1) is 34.0 Å². The smallest absolute Gasteiger partial charge is 0.230 e. The molecule has 0 aliphatic carbocycles. The van der Waals surface area contributed by atoms with Crippen molar-refractivity contribution in [2.45, 2.75) is 26.7 Å². The Morgan fingerprint density at radius 2 is 2.00 bits per heavy atom. The number of carbonyl (C=O) groups is 1. The molecule has 5 nitrogen and oxygen atoms in total. The molecular formula is C13H20N4O. The fourth-order valence-electron chi connectivity index (χ4n) is 2.42. The lowest BCUT2D eigenvalue weighted by Gasteiger charge is -2.38. The van der Waals surface area contributed by atoms with Gasteiger partial charge < -0.3 is 10.2 Å². The third-order valence-corrected chi connectivity index (χ3v) is 3.68. The molecule has 1 atom stereocenters. The van der Waals surface area contributed by atoms with Crippen LogP contribution in [0.15, 0.2) is 0 Å². The third-order valence-electron chi connectivity index (χ3n) is 3.68. The Bertz CT molecular complexity index is 355. The van der Waals surface area contributed by atoms with Crippen LogP contribution in [0.3, 0.4) is 0 Å². The Kier molecular flexibility index (Phi) is 5.12. The number of nitriles is 2. The molecule has 0 bridgehead atoms. The van der Waals surface area contributed by atoms with Crippen LogP contribution < -0.4 is 5.32 Å². The average Bonchev–Trinajstić information content (AvgIpc) is 2.38. The van der Waals surface area contributed by atoms with Crippen molar-refractivity contribution in [2.75, 3.05) is 26.2 Å². The molecule has 0 saturated carbocycles. The van der Waals surface area contributed by atoms with Gasteiger partial charge in [-0.15, -0.1) is 0 Å². The maximum Gasteiger partial charge on any atom is 0.230 e. The van der Waals surface area contributed by atoms with E-state index in [0.29, 0.717) is 0 Å². The van der Waals surface area contributed by atoms with Gasteiger partial charge >= 0.3 is 0 Å². The Labute approximate surface area is 108 Å². The molecule has 0 spiro atoms. The van der Waals surface area contributed by atoms with E-state index < -0.39 is 5.41 Å². The van der Waals surface area contributed by atoms with Crippen LogP contribution in [0.1, 0.15) is 26.7 Å².